The van der Waals surface area contributed by atoms with E-state index in [4.69, 9.17) is 0 Å². The first-order valence-electron chi connectivity index (χ1n) is 7.75. The predicted molar refractivity (Wildman–Crippen MR) is 101 cm³/mol. The third-order valence-electron chi connectivity index (χ3n) is 3.83. The van der Waals surface area contributed by atoms with Gasteiger partial charge in [-0.05, 0) is 42.8 Å². The van der Waals surface area contributed by atoms with Crippen LogP contribution in [0.5, 0.6) is 0 Å². The molecule has 0 aliphatic carbocycles. The summed E-state index contributed by atoms with van der Waals surface area (Å²) in [4.78, 5) is 14.6. The highest BCUT2D eigenvalue weighted by Gasteiger charge is 2.20. The molecule has 2 aromatic carbocycles. The van der Waals surface area contributed by atoms with E-state index in [-0.39, 0.29) is 10.8 Å². The van der Waals surface area contributed by atoms with Crippen LogP contribution in [0.3, 0.4) is 0 Å². The Morgan fingerprint density at radius 3 is 2.28 bits per heavy atom. The van der Waals surface area contributed by atoms with Crippen molar-refractivity contribution >= 4 is 27.3 Å². The minimum atomic E-state index is -3.57. The fourth-order valence-corrected chi connectivity index (χ4v) is 3.43. The summed E-state index contributed by atoms with van der Waals surface area (Å²) in [6.07, 6.45) is 0. The minimum Gasteiger partial charge on any atom is -0.378 e. The maximum atomic E-state index is 12.5. The third-order valence-corrected chi connectivity index (χ3v) is 5.79. The molecular formula is C18H23N3O3S. The Labute approximate surface area is 149 Å². The first-order valence-corrected chi connectivity index (χ1v) is 9.19. The number of anilines is 2. The number of benzene rings is 2. The van der Waals surface area contributed by atoms with Gasteiger partial charge in [0.15, 0.2) is 0 Å². The van der Waals surface area contributed by atoms with Crippen LogP contribution in [0.25, 0.3) is 0 Å². The fraction of sp³-hybridized carbons (Fsp3) is 0.278. The number of rotatable bonds is 5. The van der Waals surface area contributed by atoms with Gasteiger partial charge in [-0.3, -0.25) is 4.79 Å². The van der Waals surface area contributed by atoms with Gasteiger partial charge in [0.05, 0.1) is 4.90 Å². The number of amides is 1. The molecule has 0 unspecified atom stereocenters. The van der Waals surface area contributed by atoms with Crippen molar-refractivity contribution in [3.63, 3.8) is 0 Å². The lowest BCUT2D eigenvalue weighted by atomic mass is 10.1. The standard InChI is InChI=1S/C18H23N3O3S/c1-13-9-10-15(12-17(13)25(23,24)21(4)5)19-18(22)14-7-6-8-16(11-14)20(2)3/h6-12H,1-5H3,(H,19,22). The van der Waals surface area contributed by atoms with E-state index in [0.717, 1.165) is 9.99 Å². The van der Waals surface area contributed by atoms with Crippen LogP contribution >= 0.6 is 0 Å². The fourth-order valence-electron chi connectivity index (χ4n) is 2.28. The van der Waals surface area contributed by atoms with Crippen molar-refractivity contribution in [2.45, 2.75) is 11.8 Å². The summed E-state index contributed by atoms with van der Waals surface area (Å²) in [5.41, 5.74) is 2.48. The molecular weight excluding hydrogens is 338 g/mol. The van der Waals surface area contributed by atoms with Crippen LogP contribution in [0.15, 0.2) is 47.4 Å². The average Bonchev–Trinajstić information content (AvgIpc) is 2.56. The molecule has 0 atom stereocenters. The minimum absolute atomic E-state index is 0.178. The molecule has 0 aliphatic rings. The summed E-state index contributed by atoms with van der Waals surface area (Å²) in [7, 11) is 3.18. The monoisotopic (exact) mass is 361 g/mol. The van der Waals surface area contributed by atoms with Crippen molar-refractivity contribution in [3.05, 3.63) is 53.6 Å². The van der Waals surface area contributed by atoms with Crippen LogP contribution in [0, 0.1) is 6.92 Å². The van der Waals surface area contributed by atoms with Crippen molar-refractivity contribution in [3.8, 4) is 0 Å². The van der Waals surface area contributed by atoms with Gasteiger partial charge in [-0.15, -0.1) is 0 Å². The van der Waals surface area contributed by atoms with Crippen LogP contribution in [0.2, 0.25) is 0 Å². The summed E-state index contributed by atoms with van der Waals surface area (Å²) >= 11 is 0. The van der Waals surface area contributed by atoms with Gasteiger partial charge in [-0.1, -0.05) is 12.1 Å². The number of aryl methyl sites for hydroxylation is 1. The van der Waals surface area contributed by atoms with Gasteiger partial charge in [0.25, 0.3) is 5.91 Å². The zero-order valence-electron chi connectivity index (χ0n) is 15.1. The number of sulfonamides is 1. The van der Waals surface area contributed by atoms with Crippen LogP contribution in [0.1, 0.15) is 15.9 Å². The second-order valence-corrected chi connectivity index (χ2v) is 8.29. The summed E-state index contributed by atoms with van der Waals surface area (Å²) in [5.74, 6) is -0.291. The van der Waals surface area contributed by atoms with Gasteiger partial charge < -0.3 is 10.2 Å². The van der Waals surface area contributed by atoms with Gasteiger partial charge >= 0.3 is 0 Å². The van der Waals surface area contributed by atoms with Crippen LogP contribution in [0.4, 0.5) is 11.4 Å². The van der Waals surface area contributed by atoms with Crippen LogP contribution in [-0.2, 0) is 10.0 Å². The molecule has 0 spiro atoms. The van der Waals surface area contributed by atoms with E-state index in [0.29, 0.717) is 16.8 Å². The smallest absolute Gasteiger partial charge is 0.255 e. The number of nitrogens with zero attached hydrogens (tertiary/aromatic N) is 2. The molecule has 1 N–H and O–H groups in total. The molecule has 25 heavy (non-hydrogen) atoms. The Morgan fingerprint density at radius 2 is 1.68 bits per heavy atom. The number of hydrogen-bond donors (Lipinski definition) is 1. The first kappa shape index (κ1) is 19.0. The molecule has 0 fully saturated rings. The maximum Gasteiger partial charge on any atom is 0.255 e. The molecule has 1 amide bonds. The number of carbonyl (C=O) groups is 1. The van der Waals surface area contributed by atoms with Crippen LogP contribution in [-0.4, -0.2) is 46.8 Å². The Kier molecular flexibility index (Phi) is 5.49. The molecule has 0 aromatic heterocycles. The first-order chi connectivity index (χ1) is 11.6. The normalized spacial score (nSPS) is 11.4. The van der Waals surface area contributed by atoms with E-state index >= 15 is 0 Å². The Bertz CT molecular complexity index is 890. The molecule has 0 saturated carbocycles. The van der Waals surface area contributed by atoms with Crippen molar-refractivity contribution in [2.75, 3.05) is 38.4 Å². The predicted octanol–water partition coefficient (Wildman–Crippen LogP) is 2.56. The van der Waals surface area contributed by atoms with Gasteiger partial charge in [0.2, 0.25) is 10.0 Å². The SMILES string of the molecule is Cc1ccc(NC(=O)c2cccc(N(C)C)c2)cc1S(=O)(=O)N(C)C. The van der Waals surface area contributed by atoms with Gasteiger partial charge in [0.1, 0.15) is 0 Å². The Hall–Kier alpha value is -2.38. The van der Waals surface area contributed by atoms with E-state index in [1.165, 1.54) is 20.2 Å². The summed E-state index contributed by atoms with van der Waals surface area (Å²) in [6, 6.07) is 12.1. The largest absolute Gasteiger partial charge is 0.378 e. The number of carbonyl (C=O) groups excluding carboxylic acids is 1. The van der Waals surface area contributed by atoms with Crippen molar-refractivity contribution in [1.29, 1.82) is 0 Å². The lowest BCUT2D eigenvalue weighted by Gasteiger charge is -2.16. The molecule has 0 bridgehead atoms. The van der Waals surface area contributed by atoms with Crippen molar-refractivity contribution in [1.82, 2.24) is 4.31 Å². The van der Waals surface area contributed by atoms with Crippen molar-refractivity contribution < 1.29 is 13.2 Å². The van der Waals surface area contributed by atoms with Crippen LogP contribution < -0.4 is 10.2 Å². The number of nitrogens with one attached hydrogen (secondary N) is 1. The molecule has 0 aliphatic heterocycles. The molecule has 2 rings (SSSR count). The van der Waals surface area contributed by atoms with Gasteiger partial charge in [-0.25, -0.2) is 12.7 Å². The van der Waals surface area contributed by atoms with Crippen molar-refractivity contribution in [2.24, 2.45) is 0 Å². The summed E-state index contributed by atoms with van der Waals surface area (Å²) in [6.45, 7) is 1.72. The highest BCUT2D eigenvalue weighted by atomic mass is 32.2. The highest BCUT2D eigenvalue weighted by Crippen LogP contribution is 2.23. The average molecular weight is 361 g/mol. The van der Waals surface area contributed by atoms with E-state index < -0.39 is 10.0 Å². The van der Waals surface area contributed by atoms with E-state index in [2.05, 4.69) is 5.32 Å². The topological polar surface area (TPSA) is 69.7 Å². The molecule has 0 heterocycles. The Morgan fingerprint density at radius 1 is 1.00 bits per heavy atom. The molecule has 6 nitrogen and oxygen atoms in total. The van der Waals surface area contributed by atoms with Gasteiger partial charge in [-0.2, -0.15) is 0 Å². The van der Waals surface area contributed by atoms with E-state index in [1.807, 2.05) is 25.1 Å². The number of hydrogen-bond acceptors (Lipinski definition) is 4. The molecule has 0 saturated heterocycles. The summed E-state index contributed by atoms with van der Waals surface area (Å²) < 4.78 is 25.9. The molecule has 7 heteroatoms. The van der Waals surface area contributed by atoms with Gasteiger partial charge in [0, 0.05) is 45.1 Å². The molecule has 0 radical (unpaired) electrons. The zero-order valence-corrected chi connectivity index (χ0v) is 15.9. The quantitative estimate of drug-likeness (QED) is 0.889. The zero-order chi connectivity index (χ0) is 18.8. The second-order valence-electron chi connectivity index (χ2n) is 6.17. The summed E-state index contributed by atoms with van der Waals surface area (Å²) in [5, 5.41) is 2.76. The highest BCUT2D eigenvalue weighted by molar-refractivity contribution is 7.89. The van der Waals surface area contributed by atoms with E-state index in [9.17, 15) is 13.2 Å². The Balaban J connectivity index is 2.32. The maximum absolute atomic E-state index is 12.5. The lowest BCUT2D eigenvalue weighted by molar-refractivity contribution is 0.102. The second kappa shape index (κ2) is 7.25. The molecule has 2 aromatic rings. The molecule has 134 valence electrons. The van der Waals surface area contributed by atoms with E-state index in [1.54, 1.807) is 37.3 Å². The third kappa shape index (κ3) is 4.18. The lowest BCUT2D eigenvalue weighted by Crippen LogP contribution is -2.23.